The molecule has 13 heavy (non-hydrogen) atoms. The van der Waals surface area contributed by atoms with Gasteiger partial charge >= 0.3 is 0 Å². The van der Waals surface area contributed by atoms with E-state index in [0.29, 0.717) is 0 Å². The maximum absolute atomic E-state index is 4.05. The Bertz CT molecular complexity index is 428. The fourth-order valence-electron chi connectivity index (χ4n) is 1.26. The number of benzene rings is 1. The number of para-hydroxylation sites is 1. The second-order valence-electron chi connectivity index (χ2n) is 2.83. The summed E-state index contributed by atoms with van der Waals surface area (Å²) in [5.74, 6) is 0. The molecular weight excluding hydrogens is 162 g/mol. The third-order valence-corrected chi connectivity index (χ3v) is 1.93. The van der Waals surface area contributed by atoms with Gasteiger partial charge in [-0.05, 0) is 19.1 Å². The monoisotopic (exact) mass is 173 g/mol. The molecule has 3 nitrogen and oxygen atoms in total. The van der Waals surface area contributed by atoms with E-state index >= 15 is 0 Å². The number of allylic oxidation sites excluding steroid dienone is 2. The Hall–Kier alpha value is -1.64. The van der Waals surface area contributed by atoms with Gasteiger partial charge in [0.1, 0.15) is 5.52 Å². The lowest BCUT2D eigenvalue weighted by Gasteiger charge is -1.95. The molecule has 1 heterocycles. The van der Waals surface area contributed by atoms with Crippen LogP contribution in [0.15, 0.2) is 36.4 Å². The first kappa shape index (κ1) is 7.98. The fourth-order valence-corrected chi connectivity index (χ4v) is 1.26. The topological polar surface area (TPSA) is 30.7 Å². The van der Waals surface area contributed by atoms with E-state index in [0.717, 1.165) is 17.6 Å². The van der Waals surface area contributed by atoms with Gasteiger partial charge in [-0.3, -0.25) is 0 Å². The van der Waals surface area contributed by atoms with Crippen molar-refractivity contribution in [1.82, 2.24) is 15.0 Å². The van der Waals surface area contributed by atoms with Gasteiger partial charge in [-0.1, -0.05) is 29.5 Å². The minimum atomic E-state index is 0.789. The smallest absolute Gasteiger partial charge is 0.113 e. The molecule has 0 aliphatic heterocycles. The van der Waals surface area contributed by atoms with Gasteiger partial charge in [-0.25, -0.2) is 4.68 Å². The molecule has 0 amide bonds. The fraction of sp³-hybridized carbons (Fsp3) is 0.200. The van der Waals surface area contributed by atoms with Crippen LogP contribution in [-0.2, 0) is 6.54 Å². The number of aromatic nitrogens is 3. The number of rotatable bonds is 2. The summed E-state index contributed by atoms with van der Waals surface area (Å²) in [6.45, 7) is 2.79. The average Bonchev–Trinajstić information content (AvgIpc) is 2.58. The lowest BCUT2D eigenvalue weighted by molar-refractivity contribution is 0.682. The Morgan fingerprint density at radius 2 is 2.23 bits per heavy atom. The average molecular weight is 173 g/mol. The van der Waals surface area contributed by atoms with Crippen LogP contribution >= 0.6 is 0 Å². The highest BCUT2D eigenvalue weighted by Gasteiger charge is 1.99. The summed E-state index contributed by atoms with van der Waals surface area (Å²) in [5, 5.41) is 8.10. The van der Waals surface area contributed by atoms with Crippen molar-refractivity contribution in [2.75, 3.05) is 0 Å². The lowest BCUT2D eigenvalue weighted by atomic mass is 10.3. The van der Waals surface area contributed by atoms with Crippen molar-refractivity contribution < 1.29 is 0 Å². The van der Waals surface area contributed by atoms with Gasteiger partial charge in [0, 0.05) is 0 Å². The predicted octanol–water partition coefficient (Wildman–Crippen LogP) is 2.01. The van der Waals surface area contributed by atoms with Crippen molar-refractivity contribution in [2.24, 2.45) is 0 Å². The molecule has 0 unspecified atom stereocenters. The summed E-state index contributed by atoms with van der Waals surface area (Å²) in [6, 6.07) is 7.96. The molecule has 0 aliphatic rings. The van der Waals surface area contributed by atoms with E-state index in [4.69, 9.17) is 0 Å². The molecule has 2 rings (SSSR count). The van der Waals surface area contributed by atoms with Crippen LogP contribution in [0, 0.1) is 0 Å². The maximum atomic E-state index is 4.05. The zero-order valence-electron chi connectivity index (χ0n) is 7.51. The molecule has 66 valence electrons. The van der Waals surface area contributed by atoms with Crippen molar-refractivity contribution in [3.05, 3.63) is 36.4 Å². The zero-order valence-corrected chi connectivity index (χ0v) is 7.51. The highest BCUT2D eigenvalue weighted by Crippen LogP contribution is 2.09. The van der Waals surface area contributed by atoms with E-state index in [-0.39, 0.29) is 0 Å². The second-order valence-corrected chi connectivity index (χ2v) is 2.83. The Morgan fingerprint density at radius 3 is 3.08 bits per heavy atom. The minimum absolute atomic E-state index is 0.789. The molecule has 3 heteroatoms. The van der Waals surface area contributed by atoms with Gasteiger partial charge in [0.2, 0.25) is 0 Å². The van der Waals surface area contributed by atoms with E-state index in [1.165, 1.54) is 0 Å². The van der Waals surface area contributed by atoms with E-state index in [2.05, 4.69) is 16.4 Å². The first-order chi connectivity index (χ1) is 6.42. The SMILES string of the molecule is C/C=C/Cn1nnc2ccccc21. The Balaban J connectivity index is 2.45. The highest BCUT2D eigenvalue weighted by atomic mass is 15.4. The number of hydrogen-bond donors (Lipinski definition) is 0. The van der Waals surface area contributed by atoms with Gasteiger partial charge in [-0.2, -0.15) is 0 Å². The summed E-state index contributed by atoms with van der Waals surface area (Å²) in [6.07, 6.45) is 4.07. The Morgan fingerprint density at radius 1 is 1.38 bits per heavy atom. The minimum Gasteiger partial charge on any atom is -0.241 e. The number of fused-ring (bicyclic) bond motifs is 1. The molecule has 0 fully saturated rings. The standard InChI is InChI=1S/C10H11N3/c1-2-3-8-13-10-7-5-4-6-9(10)11-12-13/h2-7H,8H2,1H3/b3-2+. The molecule has 0 aliphatic carbocycles. The summed E-state index contributed by atoms with van der Waals surface area (Å²) in [4.78, 5) is 0. The van der Waals surface area contributed by atoms with E-state index in [1.807, 2.05) is 41.9 Å². The highest BCUT2D eigenvalue weighted by molar-refractivity contribution is 5.73. The summed E-state index contributed by atoms with van der Waals surface area (Å²) in [7, 11) is 0. The van der Waals surface area contributed by atoms with Crippen LogP contribution in [0.1, 0.15) is 6.92 Å². The normalized spacial score (nSPS) is 11.5. The molecular formula is C10H11N3. The number of hydrogen-bond acceptors (Lipinski definition) is 2. The molecule has 0 saturated carbocycles. The first-order valence-electron chi connectivity index (χ1n) is 4.31. The van der Waals surface area contributed by atoms with Gasteiger partial charge in [-0.15, -0.1) is 5.10 Å². The number of nitrogens with zero attached hydrogens (tertiary/aromatic N) is 3. The van der Waals surface area contributed by atoms with Crippen LogP contribution in [0.4, 0.5) is 0 Å². The van der Waals surface area contributed by atoms with Crippen molar-refractivity contribution in [1.29, 1.82) is 0 Å². The van der Waals surface area contributed by atoms with Crippen LogP contribution < -0.4 is 0 Å². The third-order valence-electron chi connectivity index (χ3n) is 1.93. The quantitative estimate of drug-likeness (QED) is 0.650. The Kier molecular flexibility index (Phi) is 2.08. The van der Waals surface area contributed by atoms with E-state index < -0.39 is 0 Å². The lowest BCUT2D eigenvalue weighted by Crippen LogP contribution is -1.96. The van der Waals surface area contributed by atoms with E-state index in [9.17, 15) is 0 Å². The third kappa shape index (κ3) is 1.45. The molecule has 1 aromatic heterocycles. The largest absolute Gasteiger partial charge is 0.241 e. The maximum Gasteiger partial charge on any atom is 0.113 e. The van der Waals surface area contributed by atoms with Crippen LogP contribution in [0.25, 0.3) is 11.0 Å². The van der Waals surface area contributed by atoms with Crippen LogP contribution in [0.5, 0.6) is 0 Å². The molecule has 0 saturated heterocycles. The molecule has 0 radical (unpaired) electrons. The van der Waals surface area contributed by atoms with Gasteiger partial charge in [0.25, 0.3) is 0 Å². The van der Waals surface area contributed by atoms with Crippen molar-refractivity contribution >= 4 is 11.0 Å². The summed E-state index contributed by atoms with van der Waals surface area (Å²) < 4.78 is 1.88. The molecule has 0 bridgehead atoms. The molecule has 1 aromatic carbocycles. The zero-order chi connectivity index (χ0) is 9.10. The van der Waals surface area contributed by atoms with Crippen LogP contribution in [0.3, 0.4) is 0 Å². The van der Waals surface area contributed by atoms with E-state index in [1.54, 1.807) is 0 Å². The van der Waals surface area contributed by atoms with Gasteiger partial charge in [0.15, 0.2) is 0 Å². The molecule has 0 spiro atoms. The van der Waals surface area contributed by atoms with Crippen LogP contribution in [-0.4, -0.2) is 15.0 Å². The first-order valence-corrected chi connectivity index (χ1v) is 4.31. The van der Waals surface area contributed by atoms with Crippen molar-refractivity contribution in [3.63, 3.8) is 0 Å². The molecule has 2 aromatic rings. The predicted molar refractivity (Wildman–Crippen MR) is 52.3 cm³/mol. The summed E-state index contributed by atoms with van der Waals surface area (Å²) >= 11 is 0. The molecule has 0 atom stereocenters. The van der Waals surface area contributed by atoms with Crippen molar-refractivity contribution in [2.45, 2.75) is 13.5 Å². The second kappa shape index (κ2) is 3.39. The Labute approximate surface area is 76.7 Å². The summed E-state index contributed by atoms with van der Waals surface area (Å²) in [5.41, 5.74) is 2.03. The van der Waals surface area contributed by atoms with Crippen molar-refractivity contribution in [3.8, 4) is 0 Å². The van der Waals surface area contributed by atoms with Gasteiger partial charge in [0.05, 0.1) is 12.1 Å². The van der Waals surface area contributed by atoms with Crippen LogP contribution in [0.2, 0.25) is 0 Å². The molecule has 0 N–H and O–H groups in total. The van der Waals surface area contributed by atoms with Gasteiger partial charge < -0.3 is 0 Å².